The van der Waals surface area contributed by atoms with Gasteiger partial charge < -0.3 is 16.0 Å². The third kappa shape index (κ3) is 3.26. The molecule has 0 aliphatic carbocycles. The first-order valence-corrected chi connectivity index (χ1v) is 7.39. The first-order chi connectivity index (χ1) is 9.49. The first kappa shape index (κ1) is 14.7. The number of amides is 1. The van der Waals surface area contributed by atoms with Gasteiger partial charge in [-0.3, -0.25) is 9.78 Å². The summed E-state index contributed by atoms with van der Waals surface area (Å²) < 4.78 is 0.941. The number of nitrogen functional groups attached to an aromatic ring is 1. The van der Waals surface area contributed by atoms with E-state index in [2.05, 4.69) is 15.2 Å². The van der Waals surface area contributed by atoms with Gasteiger partial charge in [0.25, 0.3) is 5.91 Å². The lowest BCUT2D eigenvalue weighted by Gasteiger charge is -2.16. The van der Waals surface area contributed by atoms with Crippen LogP contribution in [0.5, 0.6) is 0 Å². The quantitative estimate of drug-likeness (QED) is 0.883. The molecule has 0 spiro atoms. The van der Waals surface area contributed by atoms with Gasteiger partial charge in [0.05, 0.1) is 10.4 Å². The Bertz CT molecular complexity index is 608. The summed E-state index contributed by atoms with van der Waals surface area (Å²) in [5.41, 5.74) is 7.20. The summed E-state index contributed by atoms with van der Waals surface area (Å²) in [6.07, 6.45) is 2.59. The molecule has 0 saturated carbocycles. The molecular formula is C14H20N4OS. The van der Waals surface area contributed by atoms with Crippen LogP contribution in [0, 0.1) is 0 Å². The summed E-state index contributed by atoms with van der Waals surface area (Å²) in [5, 5.41) is 2.99. The molecule has 0 aliphatic rings. The Balaban J connectivity index is 2.09. The lowest BCUT2D eigenvalue weighted by atomic mass is 10.2. The molecule has 108 valence electrons. The number of nitrogens with two attached hydrogens (primary N) is 1. The van der Waals surface area contributed by atoms with E-state index in [9.17, 15) is 4.79 Å². The van der Waals surface area contributed by atoms with E-state index in [0.29, 0.717) is 16.1 Å². The number of carbonyl (C=O) groups is 1. The molecule has 0 aromatic carbocycles. The van der Waals surface area contributed by atoms with Crippen molar-refractivity contribution in [2.75, 3.05) is 26.4 Å². The zero-order valence-electron chi connectivity index (χ0n) is 12.0. The summed E-state index contributed by atoms with van der Waals surface area (Å²) >= 11 is 1.39. The Morgan fingerprint density at radius 1 is 1.55 bits per heavy atom. The minimum absolute atomic E-state index is 0.113. The molecule has 0 fully saturated rings. The lowest BCUT2D eigenvalue weighted by Crippen LogP contribution is -2.34. The Labute approximate surface area is 122 Å². The molecule has 1 unspecified atom stereocenters. The minimum atomic E-state index is -0.114. The summed E-state index contributed by atoms with van der Waals surface area (Å²) in [4.78, 5) is 19.1. The largest absolute Gasteiger partial charge is 0.396 e. The highest BCUT2D eigenvalue weighted by Gasteiger charge is 2.18. The van der Waals surface area contributed by atoms with Crippen LogP contribution < -0.4 is 11.1 Å². The van der Waals surface area contributed by atoms with Crippen LogP contribution >= 0.6 is 11.3 Å². The van der Waals surface area contributed by atoms with Crippen molar-refractivity contribution >= 4 is 33.1 Å². The van der Waals surface area contributed by atoms with Crippen LogP contribution in [0.3, 0.4) is 0 Å². The molecule has 1 atom stereocenters. The topological polar surface area (TPSA) is 71.2 Å². The average Bonchev–Trinajstić information content (AvgIpc) is 2.74. The Morgan fingerprint density at radius 3 is 2.95 bits per heavy atom. The van der Waals surface area contributed by atoms with Crippen molar-refractivity contribution in [1.29, 1.82) is 0 Å². The number of aromatic nitrogens is 1. The lowest BCUT2D eigenvalue weighted by molar-refractivity contribution is 0.0941. The molecule has 0 radical (unpaired) electrons. The zero-order chi connectivity index (χ0) is 14.7. The predicted octanol–water partition coefficient (Wildman–Crippen LogP) is 1.95. The van der Waals surface area contributed by atoms with E-state index in [1.165, 1.54) is 11.3 Å². The molecule has 2 aromatic heterocycles. The third-order valence-corrected chi connectivity index (χ3v) is 4.23. The number of nitrogens with one attached hydrogen (secondary N) is 1. The van der Waals surface area contributed by atoms with Crippen LogP contribution in [0.2, 0.25) is 0 Å². The molecule has 2 heterocycles. The fourth-order valence-electron chi connectivity index (χ4n) is 1.93. The Kier molecular flexibility index (Phi) is 4.57. The number of hydrogen-bond acceptors (Lipinski definition) is 5. The van der Waals surface area contributed by atoms with Crippen molar-refractivity contribution in [1.82, 2.24) is 15.2 Å². The predicted molar refractivity (Wildman–Crippen MR) is 84.1 cm³/mol. The van der Waals surface area contributed by atoms with Crippen LogP contribution in [-0.2, 0) is 0 Å². The number of carbonyl (C=O) groups excluding carboxylic acids is 1. The molecule has 20 heavy (non-hydrogen) atoms. The van der Waals surface area contributed by atoms with E-state index in [0.717, 1.165) is 17.7 Å². The van der Waals surface area contributed by atoms with E-state index in [1.807, 2.05) is 33.2 Å². The zero-order valence-corrected chi connectivity index (χ0v) is 12.8. The number of anilines is 1. The third-order valence-electron chi connectivity index (χ3n) is 3.08. The van der Waals surface area contributed by atoms with E-state index in [4.69, 9.17) is 5.73 Å². The summed E-state index contributed by atoms with van der Waals surface area (Å²) in [5.74, 6) is -0.114. The molecule has 1 amide bonds. The Morgan fingerprint density at radius 2 is 2.30 bits per heavy atom. The van der Waals surface area contributed by atoms with Crippen LogP contribution in [0.25, 0.3) is 10.2 Å². The van der Waals surface area contributed by atoms with Gasteiger partial charge >= 0.3 is 0 Å². The molecule has 0 bridgehead atoms. The number of hydrogen-bond donors (Lipinski definition) is 2. The first-order valence-electron chi connectivity index (χ1n) is 6.57. The molecule has 2 aromatic rings. The summed E-state index contributed by atoms with van der Waals surface area (Å²) in [6, 6.07) is 3.89. The van der Waals surface area contributed by atoms with E-state index >= 15 is 0 Å². The molecule has 3 N–H and O–H groups in total. The van der Waals surface area contributed by atoms with E-state index in [1.54, 1.807) is 6.20 Å². The van der Waals surface area contributed by atoms with Gasteiger partial charge in [0.1, 0.15) is 10.4 Å². The second kappa shape index (κ2) is 6.19. The van der Waals surface area contributed by atoms with Crippen molar-refractivity contribution in [3.63, 3.8) is 0 Å². The Hall–Kier alpha value is -1.66. The van der Waals surface area contributed by atoms with Gasteiger partial charge in [-0.2, -0.15) is 0 Å². The monoisotopic (exact) mass is 292 g/mol. The van der Waals surface area contributed by atoms with Gasteiger partial charge in [0.15, 0.2) is 0 Å². The number of rotatable bonds is 5. The SMILES string of the molecule is CC(CCN(C)C)NC(=O)c1sc2cccnc2c1N. The van der Waals surface area contributed by atoms with Crippen LogP contribution in [-0.4, -0.2) is 42.5 Å². The van der Waals surface area contributed by atoms with Crippen LogP contribution in [0.1, 0.15) is 23.0 Å². The van der Waals surface area contributed by atoms with E-state index in [-0.39, 0.29) is 11.9 Å². The molecule has 2 rings (SSSR count). The standard InChI is InChI=1S/C14H20N4OS/c1-9(6-8-18(2)3)17-14(19)13-11(15)12-10(20-13)5-4-7-16-12/h4-5,7,9H,6,8,15H2,1-3H3,(H,17,19). The minimum Gasteiger partial charge on any atom is -0.396 e. The molecule has 5 nitrogen and oxygen atoms in total. The second-order valence-corrected chi connectivity index (χ2v) is 6.21. The van der Waals surface area contributed by atoms with Crippen LogP contribution in [0.15, 0.2) is 18.3 Å². The number of nitrogens with zero attached hydrogens (tertiary/aromatic N) is 2. The number of thiophene rings is 1. The van der Waals surface area contributed by atoms with E-state index < -0.39 is 0 Å². The van der Waals surface area contributed by atoms with Gasteiger partial charge in [0, 0.05) is 12.2 Å². The highest BCUT2D eigenvalue weighted by Crippen LogP contribution is 2.31. The summed E-state index contributed by atoms with van der Waals surface area (Å²) in [6.45, 7) is 2.94. The number of fused-ring (bicyclic) bond motifs is 1. The summed E-state index contributed by atoms with van der Waals surface area (Å²) in [7, 11) is 4.04. The smallest absolute Gasteiger partial charge is 0.263 e. The molecule has 6 heteroatoms. The van der Waals surface area contributed by atoms with Gasteiger partial charge in [-0.1, -0.05) is 0 Å². The van der Waals surface area contributed by atoms with Crippen molar-refractivity contribution in [2.24, 2.45) is 0 Å². The number of pyridine rings is 1. The van der Waals surface area contributed by atoms with Crippen molar-refractivity contribution in [3.8, 4) is 0 Å². The maximum Gasteiger partial charge on any atom is 0.263 e. The molecular weight excluding hydrogens is 272 g/mol. The average molecular weight is 292 g/mol. The van der Waals surface area contributed by atoms with Gasteiger partial charge in [-0.15, -0.1) is 11.3 Å². The molecule has 0 saturated heterocycles. The fourth-order valence-corrected chi connectivity index (χ4v) is 2.91. The van der Waals surface area contributed by atoms with Crippen molar-refractivity contribution < 1.29 is 4.79 Å². The van der Waals surface area contributed by atoms with Crippen molar-refractivity contribution in [3.05, 3.63) is 23.2 Å². The fraction of sp³-hybridized carbons (Fsp3) is 0.429. The maximum atomic E-state index is 12.3. The molecule has 0 aliphatic heterocycles. The highest BCUT2D eigenvalue weighted by atomic mass is 32.1. The van der Waals surface area contributed by atoms with Crippen LogP contribution in [0.4, 0.5) is 5.69 Å². The van der Waals surface area contributed by atoms with Gasteiger partial charge in [0.2, 0.25) is 0 Å². The van der Waals surface area contributed by atoms with Crippen molar-refractivity contribution in [2.45, 2.75) is 19.4 Å². The second-order valence-electron chi connectivity index (χ2n) is 5.16. The normalized spacial score (nSPS) is 12.8. The maximum absolute atomic E-state index is 12.3. The highest BCUT2D eigenvalue weighted by molar-refractivity contribution is 7.21. The van der Waals surface area contributed by atoms with Gasteiger partial charge in [-0.05, 0) is 46.1 Å². The van der Waals surface area contributed by atoms with Gasteiger partial charge in [-0.25, -0.2) is 0 Å².